The number of ketones is 1. The van der Waals surface area contributed by atoms with Crippen molar-refractivity contribution in [1.29, 1.82) is 0 Å². The normalized spacial score (nSPS) is 13.7. The number of hydrogen-bond acceptors (Lipinski definition) is 18. The number of imidazole rings is 2. The molecule has 13 N–H and O–H groups in total. The van der Waals surface area contributed by atoms with Gasteiger partial charge in [-0.25, -0.2) is 45.0 Å². The number of aromatic nitrogens is 6. The highest BCUT2D eigenvalue weighted by molar-refractivity contribution is 6.09. The molecule has 29 heteroatoms. The number of fused-ring (bicyclic) bond motifs is 6. The third-order valence-electron chi connectivity index (χ3n) is 17.1. The number of hydrogen-bond donors (Lipinski definition) is 10. The number of piperazine rings is 1. The van der Waals surface area contributed by atoms with Crippen molar-refractivity contribution >= 4 is 103 Å². The summed E-state index contributed by atoms with van der Waals surface area (Å²) in [4.78, 5) is 116. The lowest BCUT2D eigenvalue weighted by atomic mass is 9.89. The number of nitrogens with one attached hydrogen (secondary N) is 7. The fraction of sp³-hybridized carbons (Fsp3) is 0.529. The number of anilines is 3. The highest BCUT2D eigenvalue weighted by Crippen LogP contribution is 2.32. The third kappa shape index (κ3) is 22.6. The average Bonchev–Trinajstić information content (AvgIpc) is 1.63. The summed E-state index contributed by atoms with van der Waals surface area (Å²) in [5.74, 6) is 5.18. The van der Waals surface area contributed by atoms with Crippen LogP contribution in [0.1, 0.15) is 117 Å². The zero-order valence-corrected chi connectivity index (χ0v) is 57.0. The maximum Gasteiger partial charge on any atom is 0.413 e. The van der Waals surface area contributed by atoms with Crippen LogP contribution in [0.2, 0.25) is 0 Å². The van der Waals surface area contributed by atoms with Gasteiger partial charge in [0.2, 0.25) is 11.8 Å². The lowest BCUT2D eigenvalue weighted by molar-refractivity contribution is -0.133. The standard InChI is InChI=1S/C45H64N12O9.C24H34N6O2.CH4/c1-4-5-12-36-53-39-40(57(36)23-25-64-24-20-50-44(62)56-21-18-48-19-22-56)33-10-6-7-11-34(33)52-41(39)55-45(63)65-27-30-13-15-32(16-14-30)51-42(60)31(9-8-17-49-43(46)61)26-35(58)38(29(2)3)54-37(59)28-66-47;1-2-3-11-20-28-21-22(18-9-5-6-10-19(18)27-23(21)25)30(20)15-17-32-16-12-26-24(31)29-13-7-4-8-14-29;/h6-7,10-11,13-16,29,31,38,48H,4-5,8-9,12,17-28,47H2,1-3H3,(H,50,62)(H,51,60)(H,54,59)(H3,46,49,61)(H,52,55,63);5-6,9-10H,2-4,7-8,11-17H2,1H3,(H2,25,27)(H,26,31);1H4/t31-,38+;;/m0../s1. The van der Waals surface area contributed by atoms with Crippen LogP contribution in [0.5, 0.6) is 0 Å². The van der Waals surface area contributed by atoms with Crippen molar-refractivity contribution in [3.8, 4) is 0 Å². The molecule has 0 unspecified atom stereocenters. The Morgan fingerprint density at radius 3 is 1.79 bits per heavy atom. The molecule has 4 aromatic heterocycles. The molecule has 0 aliphatic carbocycles. The minimum atomic E-state index is -0.877. The van der Waals surface area contributed by atoms with Gasteiger partial charge in [0.15, 0.2) is 17.4 Å². The maximum absolute atomic E-state index is 13.6. The first-order chi connectivity index (χ1) is 47.6. The molecule has 9 amide bonds. The molecule has 2 aliphatic rings. The number of para-hydroxylation sites is 2. The number of nitrogen functional groups attached to an aromatic ring is 1. The van der Waals surface area contributed by atoms with Gasteiger partial charge in [-0.15, -0.1) is 0 Å². The number of carbonyl (C=O) groups excluding carboxylic acids is 7. The van der Waals surface area contributed by atoms with Crippen LogP contribution < -0.4 is 54.6 Å². The summed E-state index contributed by atoms with van der Waals surface area (Å²) in [7, 11) is 0. The van der Waals surface area contributed by atoms with Crippen LogP contribution in [0.4, 0.5) is 36.5 Å². The first kappa shape index (κ1) is 77.1. The predicted molar refractivity (Wildman–Crippen MR) is 382 cm³/mol. The molecule has 0 spiro atoms. The molecule has 7 aromatic rings. The van der Waals surface area contributed by atoms with E-state index in [0.29, 0.717) is 107 Å². The molecule has 0 radical (unpaired) electrons. The summed E-state index contributed by atoms with van der Waals surface area (Å²) < 4.78 is 21.8. The Kier molecular flexibility index (Phi) is 31.1. The number of pyridine rings is 2. The number of unbranched alkanes of at least 4 members (excludes halogenated alkanes) is 2. The van der Waals surface area contributed by atoms with Gasteiger partial charge in [-0.05, 0) is 80.7 Å². The second-order valence-corrected chi connectivity index (χ2v) is 24.7. The molecule has 3 aromatic carbocycles. The molecule has 29 nitrogen and oxygen atoms in total. The number of likely N-dealkylation sites (tertiary alicyclic amines) is 1. The van der Waals surface area contributed by atoms with Crippen molar-refractivity contribution in [3.63, 3.8) is 0 Å². The Morgan fingerprint density at radius 2 is 1.21 bits per heavy atom. The largest absolute Gasteiger partial charge is 0.444 e. The number of nitrogens with two attached hydrogens (primary N) is 3. The van der Waals surface area contributed by atoms with E-state index in [1.54, 1.807) is 43.0 Å². The number of ether oxygens (including phenoxy) is 3. The van der Waals surface area contributed by atoms with Crippen LogP contribution in [0.3, 0.4) is 0 Å². The van der Waals surface area contributed by atoms with Gasteiger partial charge < -0.3 is 76.5 Å². The van der Waals surface area contributed by atoms with Crippen LogP contribution in [0.15, 0.2) is 72.8 Å². The highest BCUT2D eigenvalue weighted by atomic mass is 16.6. The van der Waals surface area contributed by atoms with Gasteiger partial charge in [0, 0.05) is 114 Å². The van der Waals surface area contributed by atoms with Gasteiger partial charge >= 0.3 is 24.2 Å². The molecular formula is C70H102N18O11. The lowest BCUT2D eigenvalue weighted by Crippen LogP contribution is -2.50. The van der Waals surface area contributed by atoms with Crippen LogP contribution in [0, 0.1) is 11.8 Å². The average molecular weight is 1370 g/mol. The molecular weight excluding hydrogens is 1270 g/mol. The van der Waals surface area contributed by atoms with E-state index in [-0.39, 0.29) is 63.0 Å². The van der Waals surface area contributed by atoms with Crippen molar-refractivity contribution in [2.75, 3.05) is 108 Å². The third-order valence-corrected chi connectivity index (χ3v) is 17.1. The van der Waals surface area contributed by atoms with E-state index in [1.165, 1.54) is 6.42 Å². The number of benzene rings is 3. The fourth-order valence-electron chi connectivity index (χ4n) is 11.9. The number of aryl methyl sites for hydroxylation is 2. The van der Waals surface area contributed by atoms with Crippen LogP contribution in [-0.2, 0) is 66.0 Å². The van der Waals surface area contributed by atoms with Crippen LogP contribution in [0.25, 0.3) is 43.9 Å². The Morgan fingerprint density at radius 1 is 0.646 bits per heavy atom. The number of carbonyl (C=O) groups is 7. The smallest absolute Gasteiger partial charge is 0.413 e. The summed E-state index contributed by atoms with van der Waals surface area (Å²) in [5.41, 5.74) is 17.2. The monoisotopic (exact) mass is 1370 g/mol. The second kappa shape index (κ2) is 39.9. The van der Waals surface area contributed by atoms with E-state index in [1.807, 2.05) is 47.4 Å². The topological polar surface area (TPSA) is 387 Å². The number of Topliss-reactive ketones (excluding diaryl/α,β-unsaturated/α-hetero) is 1. The molecule has 99 heavy (non-hydrogen) atoms. The zero-order chi connectivity index (χ0) is 69.8. The summed E-state index contributed by atoms with van der Waals surface area (Å²) in [5, 5.41) is 21.8. The molecule has 538 valence electrons. The predicted octanol–water partition coefficient (Wildman–Crippen LogP) is 7.66. The van der Waals surface area contributed by atoms with Crippen molar-refractivity contribution < 1.29 is 52.6 Å². The quantitative estimate of drug-likeness (QED) is 0.0137. The molecule has 9 rings (SSSR count). The molecule has 2 saturated heterocycles. The minimum absolute atomic E-state index is 0. The SMILES string of the molecule is C.CCCCc1nc2c(N)nc3ccccc3c2n1CCOCCNC(=O)N1CCCCC1.CCCCc1nc2c(NC(=O)OCc3ccc(NC(=O)[C@@H](CCCNC(N)=O)CC(=O)[C@H](NC(=O)CON)C(C)C)cc3)nc3ccccc3c2n1CCOCCNC(=O)N1CCNCC1. The summed E-state index contributed by atoms with van der Waals surface area (Å²) >= 11 is 0. The van der Waals surface area contributed by atoms with Crippen molar-refractivity contribution in [3.05, 3.63) is 90.0 Å². The van der Waals surface area contributed by atoms with E-state index in [4.69, 9.17) is 46.5 Å². The minimum Gasteiger partial charge on any atom is -0.444 e. The number of amides is 9. The zero-order valence-electron chi connectivity index (χ0n) is 57.0. The fourth-order valence-corrected chi connectivity index (χ4v) is 11.9. The molecule has 0 saturated carbocycles. The van der Waals surface area contributed by atoms with Gasteiger partial charge in [0.25, 0.3) is 0 Å². The Bertz CT molecular complexity index is 3780. The number of piperidine rings is 1. The van der Waals surface area contributed by atoms with Crippen LogP contribution >= 0.6 is 0 Å². The second-order valence-electron chi connectivity index (χ2n) is 24.7. The van der Waals surface area contributed by atoms with E-state index in [9.17, 15) is 33.6 Å². The summed E-state index contributed by atoms with van der Waals surface area (Å²) in [6, 6.07) is 20.7. The Hall–Kier alpha value is -9.29. The van der Waals surface area contributed by atoms with Gasteiger partial charge in [-0.2, -0.15) is 0 Å². The molecule has 2 fully saturated rings. The number of primary amides is 1. The van der Waals surface area contributed by atoms with E-state index in [0.717, 1.165) is 116 Å². The first-order valence-electron chi connectivity index (χ1n) is 34.3. The van der Waals surface area contributed by atoms with Crippen molar-refractivity contribution in [1.82, 2.24) is 65.5 Å². The summed E-state index contributed by atoms with van der Waals surface area (Å²) in [6.45, 7) is 16.0. The van der Waals surface area contributed by atoms with E-state index >= 15 is 0 Å². The van der Waals surface area contributed by atoms with E-state index in [2.05, 4.69) is 76.1 Å². The molecule has 6 heterocycles. The van der Waals surface area contributed by atoms with Gasteiger partial charge in [-0.3, -0.25) is 24.5 Å². The molecule has 2 aliphatic heterocycles. The number of urea groups is 3. The highest BCUT2D eigenvalue weighted by Gasteiger charge is 2.30. The van der Waals surface area contributed by atoms with Crippen molar-refractivity contribution in [2.45, 2.75) is 138 Å². The molecule has 2 atom stereocenters. The van der Waals surface area contributed by atoms with Crippen LogP contribution in [-0.4, -0.2) is 179 Å². The summed E-state index contributed by atoms with van der Waals surface area (Å²) in [6.07, 6.45) is 8.74. The first-order valence-corrected chi connectivity index (χ1v) is 34.3. The van der Waals surface area contributed by atoms with Gasteiger partial charge in [-0.1, -0.05) is 96.5 Å². The van der Waals surface area contributed by atoms with Gasteiger partial charge in [0.05, 0.1) is 54.5 Å². The molecule has 0 bridgehead atoms. The van der Waals surface area contributed by atoms with Gasteiger partial charge in [0.1, 0.15) is 35.9 Å². The Balaban J connectivity index is 0.000000347. The van der Waals surface area contributed by atoms with Crippen molar-refractivity contribution in [2.24, 2.45) is 23.5 Å². The lowest BCUT2D eigenvalue weighted by Gasteiger charge is -2.27. The maximum atomic E-state index is 13.6. The number of nitrogens with zero attached hydrogens (tertiary/aromatic N) is 8. The number of rotatable bonds is 34. The van der Waals surface area contributed by atoms with E-state index < -0.39 is 42.5 Å². The Labute approximate surface area is 578 Å².